The normalized spacial score (nSPS) is 14.2. The Morgan fingerprint density at radius 3 is 2.62 bits per heavy atom. The Bertz CT molecular complexity index is 662. The highest BCUT2D eigenvalue weighted by atomic mass is 79.9. The number of rotatable bonds is 4. The molecule has 1 unspecified atom stereocenters. The van der Waals surface area contributed by atoms with Crippen molar-refractivity contribution in [1.82, 2.24) is 9.78 Å². The first-order valence-electron chi connectivity index (χ1n) is 7.02. The van der Waals surface area contributed by atoms with E-state index in [4.69, 9.17) is 5.73 Å². The molecule has 1 atom stereocenters. The number of benzene rings is 1. The van der Waals surface area contributed by atoms with Crippen molar-refractivity contribution in [3.63, 3.8) is 0 Å². The zero-order chi connectivity index (χ0) is 15.8. The SMILES string of the molecule is CCc1nn(C)c(CC(C)(N)c2ccc(C)c(F)c2)c1Br. The molecule has 21 heavy (non-hydrogen) atoms. The molecule has 0 spiro atoms. The van der Waals surface area contributed by atoms with Crippen molar-refractivity contribution < 1.29 is 4.39 Å². The molecule has 114 valence electrons. The summed E-state index contributed by atoms with van der Waals surface area (Å²) in [6, 6.07) is 5.19. The van der Waals surface area contributed by atoms with Crippen LogP contribution in [0, 0.1) is 12.7 Å². The molecular weight excluding hydrogens is 333 g/mol. The van der Waals surface area contributed by atoms with E-state index in [9.17, 15) is 4.39 Å². The lowest BCUT2D eigenvalue weighted by atomic mass is 9.87. The van der Waals surface area contributed by atoms with Crippen LogP contribution in [-0.4, -0.2) is 9.78 Å². The summed E-state index contributed by atoms with van der Waals surface area (Å²) in [4.78, 5) is 0. The molecule has 2 rings (SSSR count). The first-order chi connectivity index (χ1) is 9.76. The van der Waals surface area contributed by atoms with Crippen LogP contribution in [0.4, 0.5) is 4.39 Å². The highest BCUT2D eigenvalue weighted by Gasteiger charge is 2.26. The van der Waals surface area contributed by atoms with Gasteiger partial charge in [0.25, 0.3) is 0 Å². The topological polar surface area (TPSA) is 43.8 Å². The van der Waals surface area contributed by atoms with Gasteiger partial charge in [0, 0.05) is 19.0 Å². The van der Waals surface area contributed by atoms with Crippen molar-refractivity contribution in [2.45, 2.75) is 39.2 Å². The van der Waals surface area contributed by atoms with Crippen LogP contribution in [0.25, 0.3) is 0 Å². The van der Waals surface area contributed by atoms with Gasteiger partial charge in [-0.1, -0.05) is 19.1 Å². The summed E-state index contributed by atoms with van der Waals surface area (Å²) in [5.41, 5.74) is 9.25. The maximum atomic E-state index is 13.8. The molecule has 0 amide bonds. The zero-order valence-electron chi connectivity index (χ0n) is 12.9. The van der Waals surface area contributed by atoms with Crippen LogP contribution in [0.15, 0.2) is 22.7 Å². The Hall–Kier alpha value is -1.20. The number of nitrogens with zero attached hydrogens (tertiary/aromatic N) is 2. The zero-order valence-corrected chi connectivity index (χ0v) is 14.5. The Morgan fingerprint density at radius 2 is 2.10 bits per heavy atom. The smallest absolute Gasteiger partial charge is 0.126 e. The van der Waals surface area contributed by atoms with Gasteiger partial charge >= 0.3 is 0 Å². The van der Waals surface area contributed by atoms with E-state index in [1.807, 2.05) is 24.7 Å². The van der Waals surface area contributed by atoms with Gasteiger partial charge in [0.2, 0.25) is 0 Å². The quantitative estimate of drug-likeness (QED) is 0.912. The summed E-state index contributed by atoms with van der Waals surface area (Å²) >= 11 is 3.60. The molecule has 0 saturated heterocycles. The van der Waals surface area contributed by atoms with Gasteiger partial charge in [-0.2, -0.15) is 5.10 Å². The third-order valence-electron chi connectivity index (χ3n) is 3.87. The Balaban J connectivity index is 2.37. The van der Waals surface area contributed by atoms with Gasteiger partial charge in [-0.05, 0) is 53.4 Å². The van der Waals surface area contributed by atoms with E-state index in [0.717, 1.165) is 27.8 Å². The number of hydrogen-bond acceptors (Lipinski definition) is 2. The Kier molecular flexibility index (Phi) is 4.54. The molecule has 2 aromatic rings. The average molecular weight is 354 g/mol. The minimum atomic E-state index is -0.657. The number of nitrogens with two attached hydrogens (primary N) is 1. The van der Waals surface area contributed by atoms with Gasteiger partial charge in [0.15, 0.2) is 0 Å². The molecular formula is C16H21BrFN3. The van der Waals surface area contributed by atoms with Crippen molar-refractivity contribution in [3.8, 4) is 0 Å². The average Bonchev–Trinajstić information content (AvgIpc) is 2.69. The summed E-state index contributed by atoms with van der Waals surface area (Å²) in [6.45, 7) is 5.73. The lowest BCUT2D eigenvalue weighted by Gasteiger charge is -2.26. The molecule has 1 aromatic carbocycles. The van der Waals surface area contributed by atoms with Crippen molar-refractivity contribution in [3.05, 3.63) is 51.0 Å². The van der Waals surface area contributed by atoms with Crippen molar-refractivity contribution in [1.29, 1.82) is 0 Å². The third kappa shape index (κ3) is 3.19. The Labute approximate surface area is 133 Å². The van der Waals surface area contributed by atoms with E-state index >= 15 is 0 Å². The second kappa shape index (κ2) is 5.89. The number of halogens is 2. The molecule has 3 nitrogen and oxygen atoms in total. The molecule has 0 bridgehead atoms. The monoisotopic (exact) mass is 353 g/mol. The van der Waals surface area contributed by atoms with Gasteiger partial charge < -0.3 is 5.73 Å². The van der Waals surface area contributed by atoms with Crippen molar-refractivity contribution >= 4 is 15.9 Å². The molecule has 0 saturated carbocycles. The van der Waals surface area contributed by atoms with Crippen LogP contribution < -0.4 is 5.73 Å². The van der Waals surface area contributed by atoms with Gasteiger partial charge in [-0.15, -0.1) is 0 Å². The van der Waals surface area contributed by atoms with Gasteiger partial charge in [0.05, 0.1) is 15.9 Å². The van der Waals surface area contributed by atoms with Gasteiger partial charge in [0.1, 0.15) is 5.82 Å². The molecule has 0 aliphatic carbocycles. The predicted octanol–water partition coefficient (Wildman–Crippen LogP) is 3.61. The highest BCUT2D eigenvalue weighted by molar-refractivity contribution is 9.10. The second-order valence-electron chi connectivity index (χ2n) is 5.74. The minimum Gasteiger partial charge on any atom is -0.321 e. The molecule has 1 heterocycles. The second-order valence-corrected chi connectivity index (χ2v) is 6.54. The predicted molar refractivity (Wildman–Crippen MR) is 86.7 cm³/mol. The van der Waals surface area contributed by atoms with E-state index in [2.05, 4.69) is 28.0 Å². The summed E-state index contributed by atoms with van der Waals surface area (Å²) < 4.78 is 16.6. The summed E-state index contributed by atoms with van der Waals surface area (Å²) in [7, 11) is 1.91. The van der Waals surface area contributed by atoms with E-state index in [1.165, 1.54) is 6.07 Å². The maximum Gasteiger partial charge on any atom is 0.126 e. The molecule has 2 N–H and O–H groups in total. The lowest BCUT2D eigenvalue weighted by Crippen LogP contribution is -2.36. The van der Waals surface area contributed by atoms with Gasteiger partial charge in [-0.25, -0.2) is 4.39 Å². The van der Waals surface area contributed by atoms with Crippen LogP contribution in [0.2, 0.25) is 0 Å². The fourth-order valence-electron chi connectivity index (χ4n) is 2.41. The first-order valence-corrected chi connectivity index (χ1v) is 7.81. The Morgan fingerprint density at radius 1 is 1.43 bits per heavy atom. The summed E-state index contributed by atoms with van der Waals surface area (Å²) in [5, 5.41) is 4.48. The summed E-state index contributed by atoms with van der Waals surface area (Å²) in [5.74, 6) is -0.220. The number of aryl methyl sites for hydroxylation is 3. The van der Waals surface area contributed by atoms with Gasteiger partial charge in [-0.3, -0.25) is 4.68 Å². The van der Waals surface area contributed by atoms with E-state index in [-0.39, 0.29) is 5.82 Å². The number of hydrogen-bond donors (Lipinski definition) is 1. The molecule has 1 aromatic heterocycles. The van der Waals surface area contributed by atoms with Crippen LogP contribution in [0.1, 0.15) is 36.4 Å². The fraction of sp³-hybridized carbons (Fsp3) is 0.438. The van der Waals surface area contributed by atoms with Crippen molar-refractivity contribution in [2.75, 3.05) is 0 Å². The first kappa shape index (κ1) is 16.2. The molecule has 0 radical (unpaired) electrons. The number of aromatic nitrogens is 2. The fourth-order valence-corrected chi connectivity index (χ4v) is 3.17. The third-order valence-corrected chi connectivity index (χ3v) is 4.78. The lowest BCUT2D eigenvalue weighted by molar-refractivity contribution is 0.466. The largest absolute Gasteiger partial charge is 0.321 e. The van der Waals surface area contributed by atoms with Crippen LogP contribution in [0.3, 0.4) is 0 Å². The molecule has 0 aliphatic heterocycles. The van der Waals surface area contributed by atoms with Crippen molar-refractivity contribution in [2.24, 2.45) is 12.8 Å². The van der Waals surface area contributed by atoms with E-state index < -0.39 is 5.54 Å². The molecule has 5 heteroatoms. The van der Waals surface area contributed by atoms with Crippen LogP contribution in [0.5, 0.6) is 0 Å². The minimum absolute atomic E-state index is 0.220. The summed E-state index contributed by atoms with van der Waals surface area (Å²) in [6.07, 6.45) is 1.44. The van der Waals surface area contributed by atoms with E-state index in [1.54, 1.807) is 13.0 Å². The van der Waals surface area contributed by atoms with Crippen LogP contribution in [-0.2, 0) is 25.4 Å². The van der Waals surface area contributed by atoms with E-state index in [0.29, 0.717) is 12.0 Å². The molecule has 0 fully saturated rings. The van der Waals surface area contributed by atoms with Crippen LogP contribution >= 0.6 is 15.9 Å². The maximum absolute atomic E-state index is 13.8. The highest BCUT2D eigenvalue weighted by Crippen LogP contribution is 2.29. The molecule has 0 aliphatic rings. The standard InChI is InChI=1S/C16H21BrFN3/c1-5-13-15(17)14(21(4)20-13)9-16(3,19)11-7-6-10(2)12(18)8-11/h6-8H,5,9,19H2,1-4H3.